The van der Waals surface area contributed by atoms with E-state index in [-0.39, 0.29) is 17.9 Å². The van der Waals surface area contributed by atoms with Crippen molar-refractivity contribution in [2.45, 2.75) is 25.9 Å². The van der Waals surface area contributed by atoms with E-state index in [0.29, 0.717) is 12.3 Å². The van der Waals surface area contributed by atoms with Gasteiger partial charge in [-0.15, -0.1) is 0 Å². The first-order valence-electron chi connectivity index (χ1n) is 5.70. The largest absolute Gasteiger partial charge is 0.378 e. The van der Waals surface area contributed by atoms with E-state index in [1.807, 2.05) is 6.92 Å². The van der Waals surface area contributed by atoms with Gasteiger partial charge in [-0.2, -0.15) is 0 Å². The van der Waals surface area contributed by atoms with Crippen LogP contribution in [0.4, 0.5) is 10.1 Å². The monoisotopic (exact) mass is 238 g/mol. The molecule has 5 heteroatoms. The smallest absolute Gasteiger partial charge is 0.230 e. The number of anilines is 1. The summed E-state index contributed by atoms with van der Waals surface area (Å²) in [4.78, 5) is 15.6. The number of ether oxygens (including phenoxy) is 1. The molecule has 1 saturated heterocycles. The molecule has 1 N–H and O–H groups in total. The van der Waals surface area contributed by atoms with Crippen molar-refractivity contribution in [3.63, 3.8) is 0 Å². The minimum absolute atomic E-state index is 0.0923. The van der Waals surface area contributed by atoms with E-state index in [2.05, 4.69) is 10.3 Å². The molecule has 2 rings (SSSR count). The topological polar surface area (TPSA) is 51.2 Å². The number of nitrogens with zero attached hydrogens (tertiary/aromatic N) is 1. The molecule has 1 aromatic heterocycles. The second kappa shape index (κ2) is 5.23. The van der Waals surface area contributed by atoms with E-state index in [1.165, 1.54) is 12.3 Å². The third kappa shape index (κ3) is 3.00. The number of carbonyl (C=O) groups excluding carboxylic acids is 1. The Morgan fingerprint density at radius 2 is 2.41 bits per heavy atom. The average Bonchev–Trinajstić information content (AvgIpc) is 2.29. The second-order valence-electron chi connectivity index (χ2n) is 4.21. The lowest BCUT2D eigenvalue weighted by Crippen LogP contribution is -2.36. The Hall–Kier alpha value is -1.49. The fourth-order valence-electron chi connectivity index (χ4n) is 1.98. The Morgan fingerprint density at radius 3 is 3.12 bits per heavy atom. The highest BCUT2D eigenvalue weighted by atomic mass is 19.1. The summed E-state index contributed by atoms with van der Waals surface area (Å²) in [6.45, 7) is 2.58. The standard InChI is InChI=1S/C12H15FN2O2/c1-8-11(3-2-4-17-8)12(16)15-10-5-9(13)6-14-7-10/h5-8,11H,2-4H2,1H3,(H,15,16). The molecule has 0 bridgehead atoms. The van der Waals surface area contributed by atoms with Gasteiger partial charge in [0.15, 0.2) is 0 Å². The van der Waals surface area contributed by atoms with Crippen LogP contribution in [0.5, 0.6) is 0 Å². The van der Waals surface area contributed by atoms with E-state index >= 15 is 0 Å². The molecule has 17 heavy (non-hydrogen) atoms. The minimum Gasteiger partial charge on any atom is -0.378 e. The van der Waals surface area contributed by atoms with Crippen LogP contribution in [0.2, 0.25) is 0 Å². The molecule has 2 heterocycles. The van der Waals surface area contributed by atoms with Gasteiger partial charge in [-0.1, -0.05) is 0 Å². The normalized spacial score (nSPS) is 24.4. The van der Waals surface area contributed by atoms with Gasteiger partial charge in [-0.05, 0) is 19.8 Å². The van der Waals surface area contributed by atoms with Crippen LogP contribution >= 0.6 is 0 Å². The summed E-state index contributed by atoms with van der Waals surface area (Å²) in [5.74, 6) is -0.771. The fourth-order valence-corrected chi connectivity index (χ4v) is 1.98. The van der Waals surface area contributed by atoms with E-state index in [9.17, 15) is 9.18 Å². The lowest BCUT2D eigenvalue weighted by molar-refractivity contribution is -0.127. The van der Waals surface area contributed by atoms with Crippen LogP contribution in [-0.2, 0) is 9.53 Å². The molecule has 4 nitrogen and oxygen atoms in total. The number of nitrogens with one attached hydrogen (secondary N) is 1. The highest BCUT2D eigenvalue weighted by Crippen LogP contribution is 2.22. The molecule has 0 spiro atoms. The van der Waals surface area contributed by atoms with Gasteiger partial charge in [-0.25, -0.2) is 4.39 Å². The molecule has 0 radical (unpaired) electrons. The van der Waals surface area contributed by atoms with Crippen molar-refractivity contribution in [3.05, 3.63) is 24.3 Å². The third-order valence-electron chi connectivity index (χ3n) is 2.92. The van der Waals surface area contributed by atoms with Crippen molar-refractivity contribution < 1.29 is 13.9 Å². The summed E-state index contributed by atoms with van der Waals surface area (Å²) < 4.78 is 18.3. The molecule has 1 aromatic rings. The molecule has 1 fully saturated rings. The molecule has 1 aliphatic rings. The molecule has 0 aliphatic carbocycles. The first-order chi connectivity index (χ1) is 8.16. The summed E-state index contributed by atoms with van der Waals surface area (Å²) in [6, 6.07) is 1.25. The lowest BCUT2D eigenvalue weighted by Gasteiger charge is -2.27. The number of aromatic nitrogens is 1. The minimum atomic E-state index is -0.462. The highest BCUT2D eigenvalue weighted by molar-refractivity contribution is 5.92. The van der Waals surface area contributed by atoms with Crippen LogP contribution in [0.1, 0.15) is 19.8 Å². The molecule has 2 unspecified atom stereocenters. The Labute approximate surface area is 99.2 Å². The van der Waals surface area contributed by atoms with E-state index in [1.54, 1.807) is 0 Å². The Kier molecular flexibility index (Phi) is 3.68. The molecule has 92 valence electrons. The third-order valence-corrected chi connectivity index (χ3v) is 2.92. The van der Waals surface area contributed by atoms with Crippen LogP contribution in [-0.4, -0.2) is 23.6 Å². The van der Waals surface area contributed by atoms with Gasteiger partial charge < -0.3 is 10.1 Å². The Balaban J connectivity index is 2.01. The van der Waals surface area contributed by atoms with Crippen molar-refractivity contribution >= 4 is 11.6 Å². The van der Waals surface area contributed by atoms with Crippen molar-refractivity contribution in [1.82, 2.24) is 4.98 Å². The number of carbonyl (C=O) groups is 1. The Bertz CT molecular complexity index is 411. The van der Waals surface area contributed by atoms with Gasteiger partial charge in [0.25, 0.3) is 0 Å². The maximum Gasteiger partial charge on any atom is 0.230 e. The number of hydrogen-bond acceptors (Lipinski definition) is 3. The lowest BCUT2D eigenvalue weighted by atomic mass is 9.94. The fraction of sp³-hybridized carbons (Fsp3) is 0.500. The molecular formula is C12H15FN2O2. The molecule has 0 aromatic carbocycles. The van der Waals surface area contributed by atoms with Crippen molar-refractivity contribution in [1.29, 1.82) is 0 Å². The van der Waals surface area contributed by atoms with Crippen LogP contribution in [0.3, 0.4) is 0 Å². The molecule has 1 amide bonds. The molecule has 0 saturated carbocycles. The SMILES string of the molecule is CC1OCCCC1C(=O)Nc1cncc(F)c1. The van der Waals surface area contributed by atoms with Gasteiger partial charge in [0.05, 0.1) is 30.1 Å². The molecular weight excluding hydrogens is 223 g/mol. The average molecular weight is 238 g/mol. The van der Waals surface area contributed by atoms with Crippen LogP contribution in [0, 0.1) is 11.7 Å². The second-order valence-corrected chi connectivity index (χ2v) is 4.21. The van der Waals surface area contributed by atoms with E-state index in [4.69, 9.17) is 4.74 Å². The predicted molar refractivity (Wildman–Crippen MR) is 61.0 cm³/mol. The van der Waals surface area contributed by atoms with Crippen molar-refractivity contribution in [2.75, 3.05) is 11.9 Å². The first-order valence-corrected chi connectivity index (χ1v) is 5.70. The zero-order valence-electron chi connectivity index (χ0n) is 9.65. The van der Waals surface area contributed by atoms with Crippen LogP contribution in [0.25, 0.3) is 0 Å². The maximum atomic E-state index is 12.9. The van der Waals surface area contributed by atoms with Gasteiger partial charge in [0.1, 0.15) is 5.82 Å². The van der Waals surface area contributed by atoms with Crippen molar-refractivity contribution in [3.8, 4) is 0 Å². The quantitative estimate of drug-likeness (QED) is 0.857. The number of hydrogen-bond donors (Lipinski definition) is 1. The van der Waals surface area contributed by atoms with Gasteiger partial charge in [0, 0.05) is 12.7 Å². The van der Waals surface area contributed by atoms with Gasteiger partial charge in [-0.3, -0.25) is 9.78 Å². The van der Waals surface area contributed by atoms with E-state index in [0.717, 1.165) is 19.0 Å². The summed E-state index contributed by atoms with van der Waals surface area (Å²) >= 11 is 0. The van der Waals surface area contributed by atoms with Gasteiger partial charge in [0.2, 0.25) is 5.91 Å². The maximum absolute atomic E-state index is 12.9. The Morgan fingerprint density at radius 1 is 1.59 bits per heavy atom. The molecule has 1 aliphatic heterocycles. The number of halogens is 1. The summed E-state index contributed by atoms with van der Waals surface area (Å²) in [6.07, 6.45) is 4.11. The van der Waals surface area contributed by atoms with Crippen molar-refractivity contribution in [2.24, 2.45) is 5.92 Å². The summed E-state index contributed by atoms with van der Waals surface area (Å²) in [7, 11) is 0. The first kappa shape index (κ1) is 12.0. The molecule has 2 atom stereocenters. The number of pyridine rings is 1. The van der Waals surface area contributed by atoms with Crippen LogP contribution in [0.15, 0.2) is 18.5 Å². The highest BCUT2D eigenvalue weighted by Gasteiger charge is 2.28. The number of rotatable bonds is 2. The van der Waals surface area contributed by atoms with Crippen LogP contribution < -0.4 is 5.32 Å². The predicted octanol–water partition coefficient (Wildman–Crippen LogP) is 1.97. The van der Waals surface area contributed by atoms with Gasteiger partial charge >= 0.3 is 0 Å². The zero-order chi connectivity index (χ0) is 12.3. The summed E-state index contributed by atoms with van der Waals surface area (Å²) in [5, 5.41) is 2.66. The zero-order valence-corrected chi connectivity index (χ0v) is 9.65. The number of amides is 1. The van der Waals surface area contributed by atoms with E-state index < -0.39 is 5.82 Å². The summed E-state index contributed by atoms with van der Waals surface area (Å²) in [5.41, 5.74) is 0.382.